The van der Waals surface area contributed by atoms with E-state index in [0.717, 1.165) is 11.1 Å². The van der Waals surface area contributed by atoms with Crippen molar-refractivity contribution in [2.24, 2.45) is 0 Å². The van der Waals surface area contributed by atoms with E-state index >= 15 is 0 Å². The Bertz CT molecular complexity index is 1120. The van der Waals surface area contributed by atoms with Crippen molar-refractivity contribution in [1.29, 1.82) is 0 Å². The molecule has 0 saturated heterocycles. The van der Waals surface area contributed by atoms with E-state index in [-0.39, 0.29) is 12.5 Å². The third-order valence-corrected chi connectivity index (χ3v) is 5.68. The average molecular weight is 465 g/mol. The van der Waals surface area contributed by atoms with Crippen LogP contribution in [0.5, 0.6) is 0 Å². The third kappa shape index (κ3) is 5.85. The topological polar surface area (TPSA) is 87.9 Å². The molecule has 33 heavy (non-hydrogen) atoms. The van der Waals surface area contributed by atoms with E-state index in [1.54, 1.807) is 68.1 Å². The number of anilines is 3. The Morgan fingerprint density at radius 3 is 2.18 bits per heavy atom. The van der Waals surface area contributed by atoms with Crippen LogP contribution in [0.3, 0.4) is 0 Å². The van der Waals surface area contributed by atoms with E-state index in [4.69, 9.17) is 10.5 Å². The second-order valence-electron chi connectivity index (χ2n) is 7.39. The number of hydrazine groups is 1. The van der Waals surface area contributed by atoms with Gasteiger partial charge in [-0.2, -0.15) is 0 Å². The van der Waals surface area contributed by atoms with Gasteiger partial charge in [0.2, 0.25) is 0 Å². The quantitative estimate of drug-likeness (QED) is 0.278. The summed E-state index contributed by atoms with van der Waals surface area (Å²) in [6, 6.07) is 20.5. The Balaban J connectivity index is 1.78. The van der Waals surface area contributed by atoms with Gasteiger partial charge < -0.3 is 15.8 Å². The van der Waals surface area contributed by atoms with Gasteiger partial charge in [0.15, 0.2) is 0 Å². The van der Waals surface area contributed by atoms with Crippen LogP contribution in [-0.4, -0.2) is 44.0 Å². The first-order valence-electron chi connectivity index (χ1n) is 10.4. The molecule has 0 radical (unpaired) electrons. The van der Waals surface area contributed by atoms with E-state index in [9.17, 15) is 9.59 Å². The molecule has 0 heterocycles. The monoisotopic (exact) mass is 464 g/mol. The zero-order chi connectivity index (χ0) is 24.0. The molecule has 0 saturated carbocycles. The maximum Gasteiger partial charge on any atom is 0.429 e. The predicted octanol–water partition coefficient (Wildman–Crippen LogP) is 5.35. The number of benzene rings is 3. The molecule has 0 spiro atoms. The Hall–Kier alpha value is -3.49. The summed E-state index contributed by atoms with van der Waals surface area (Å²) < 4.78 is 5.10. The van der Waals surface area contributed by atoms with Crippen molar-refractivity contribution in [3.05, 3.63) is 72.3 Å². The Morgan fingerprint density at radius 2 is 1.61 bits per heavy atom. The summed E-state index contributed by atoms with van der Waals surface area (Å²) in [6.07, 6.45) is 1.54. The molecule has 2 amide bonds. The largest absolute Gasteiger partial charge is 0.448 e. The van der Waals surface area contributed by atoms with Crippen LogP contribution in [0.25, 0.3) is 11.1 Å². The van der Waals surface area contributed by atoms with Gasteiger partial charge in [0, 0.05) is 24.6 Å². The number of hydrogen-bond donors (Lipinski definition) is 2. The minimum Gasteiger partial charge on any atom is -0.448 e. The molecule has 0 aliphatic rings. The van der Waals surface area contributed by atoms with Crippen LogP contribution in [0, 0.1) is 0 Å². The van der Waals surface area contributed by atoms with Crippen LogP contribution in [0.15, 0.2) is 71.6 Å². The number of nitrogens with two attached hydrogens (primary N) is 1. The number of nitrogens with zero attached hydrogens (tertiary/aromatic N) is 2. The van der Waals surface area contributed by atoms with Crippen LogP contribution in [0.4, 0.5) is 21.9 Å². The van der Waals surface area contributed by atoms with Gasteiger partial charge in [0.05, 0.1) is 23.7 Å². The van der Waals surface area contributed by atoms with Crippen molar-refractivity contribution in [2.45, 2.75) is 11.8 Å². The number of hydrogen-bond acceptors (Lipinski definition) is 6. The first kappa shape index (κ1) is 24.2. The maximum absolute atomic E-state index is 12.9. The summed E-state index contributed by atoms with van der Waals surface area (Å²) in [4.78, 5) is 26.3. The minimum atomic E-state index is -0.491. The highest BCUT2D eigenvalue weighted by molar-refractivity contribution is 7.98. The lowest BCUT2D eigenvalue weighted by Crippen LogP contribution is -2.42. The molecule has 0 aliphatic heterocycles. The summed E-state index contributed by atoms with van der Waals surface area (Å²) in [6.45, 7) is 2.02. The number of carbonyl (C=O) groups excluding carboxylic acids is 2. The standard InChI is InChI=1S/C25H28N4O3S/c1-5-32-25(31)29(28(2)3)20-11-6-18(7-12-20)24(30)27-23-16-19(10-15-22(23)26)17-8-13-21(33-4)14-9-17/h6-16H,5,26H2,1-4H3,(H,27,30). The van der Waals surface area contributed by atoms with Gasteiger partial charge in [0.1, 0.15) is 0 Å². The molecule has 0 aliphatic carbocycles. The molecule has 0 unspecified atom stereocenters. The molecule has 0 aromatic heterocycles. The highest BCUT2D eigenvalue weighted by Crippen LogP contribution is 2.29. The number of carbonyl (C=O) groups is 2. The number of ether oxygens (including phenoxy) is 1. The molecule has 0 atom stereocenters. The van der Waals surface area contributed by atoms with Gasteiger partial charge in [-0.25, -0.2) is 14.8 Å². The number of rotatable bonds is 7. The van der Waals surface area contributed by atoms with Crippen LogP contribution >= 0.6 is 11.8 Å². The lowest BCUT2D eigenvalue weighted by atomic mass is 10.0. The summed E-state index contributed by atoms with van der Waals surface area (Å²) >= 11 is 1.68. The number of nitrogens with one attached hydrogen (secondary N) is 1. The SMILES string of the molecule is CCOC(=O)N(c1ccc(C(=O)Nc2cc(-c3ccc(SC)cc3)ccc2N)cc1)N(C)C. The molecule has 0 fully saturated rings. The first-order valence-corrected chi connectivity index (χ1v) is 11.7. The minimum absolute atomic E-state index is 0.270. The fraction of sp³-hybridized carbons (Fsp3) is 0.200. The maximum atomic E-state index is 12.9. The van der Waals surface area contributed by atoms with E-state index < -0.39 is 6.09 Å². The van der Waals surface area contributed by atoms with Crippen molar-refractivity contribution < 1.29 is 14.3 Å². The molecule has 3 N–H and O–H groups in total. The molecule has 3 aromatic carbocycles. The van der Waals surface area contributed by atoms with Crippen molar-refractivity contribution in [3.8, 4) is 11.1 Å². The van der Waals surface area contributed by atoms with Gasteiger partial charge in [-0.3, -0.25) is 4.79 Å². The number of thioether (sulfide) groups is 1. The Labute approximate surface area is 198 Å². The normalized spacial score (nSPS) is 10.7. The molecule has 3 aromatic rings. The van der Waals surface area contributed by atoms with Crippen LogP contribution < -0.4 is 16.1 Å². The molecule has 7 nitrogen and oxygen atoms in total. The van der Waals surface area contributed by atoms with Gasteiger partial charge in [-0.1, -0.05) is 18.2 Å². The van der Waals surface area contributed by atoms with Crippen LogP contribution in [-0.2, 0) is 4.74 Å². The molecule has 3 rings (SSSR count). The highest BCUT2D eigenvalue weighted by atomic mass is 32.2. The van der Waals surface area contributed by atoms with Gasteiger partial charge in [0.25, 0.3) is 5.91 Å². The molecule has 172 valence electrons. The van der Waals surface area contributed by atoms with E-state index in [2.05, 4.69) is 17.4 Å². The van der Waals surface area contributed by atoms with Gasteiger partial charge >= 0.3 is 6.09 Å². The molecule has 8 heteroatoms. The van der Waals surface area contributed by atoms with Gasteiger partial charge in [-0.05, 0) is 72.8 Å². The Morgan fingerprint density at radius 1 is 0.970 bits per heavy atom. The zero-order valence-corrected chi connectivity index (χ0v) is 20.0. The zero-order valence-electron chi connectivity index (χ0n) is 19.2. The lowest BCUT2D eigenvalue weighted by molar-refractivity contribution is 0.102. The molecular formula is C25H28N4O3S. The summed E-state index contributed by atoms with van der Waals surface area (Å²) in [5.74, 6) is -0.296. The summed E-state index contributed by atoms with van der Waals surface area (Å²) in [7, 11) is 3.48. The van der Waals surface area contributed by atoms with Crippen molar-refractivity contribution in [1.82, 2.24) is 5.01 Å². The van der Waals surface area contributed by atoms with Gasteiger partial charge in [-0.15, -0.1) is 11.8 Å². The predicted molar refractivity (Wildman–Crippen MR) is 136 cm³/mol. The summed E-state index contributed by atoms with van der Waals surface area (Å²) in [5, 5.41) is 5.89. The fourth-order valence-electron chi connectivity index (χ4n) is 3.26. The number of nitrogen functional groups attached to an aromatic ring is 1. The fourth-order valence-corrected chi connectivity index (χ4v) is 3.67. The second kappa shape index (κ2) is 10.9. The Kier molecular flexibility index (Phi) is 7.97. The second-order valence-corrected chi connectivity index (χ2v) is 8.27. The smallest absolute Gasteiger partial charge is 0.429 e. The first-order chi connectivity index (χ1) is 15.8. The van der Waals surface area contributed by atoms with E-state index in [1.165, 1.54) is 9.90 Å². The van der Waals surface area contributed by atoms with Crippen molar-refractivity contribution in [2.75, 3.05) is 43.0 Å². The third-order valence-electron chi connectivity index (χ3n) is 4.94. The summed E-state index contributed by atoms with van der Waals surface area (Å²) in [5.41, 5.74) is 10.2. The lowest BCUT2D eigenvalue weighted by Gasteiger charge is -2.27. The van der Waals surface area contributed by atoms with Crippen LogP contribution in [0.1, 0.15) is 17.3 Å². The molecule has 0 bridgehead atoms. The van der Waals surface area contributed by atoms with E-state index in [1.807, 2.05) is 30.5 Å². The van der Waals surface area contributed by atoms with Crippen molar-refractivity contribution >= 4 is 40.8 Å². The average Bonchev–Trinajstić information content (AvgIpc) is 2.81. The van der Waals surface area contributed by atoms with Crippen molar-refractivity contribution in [3.63, 3.8) is 0 Å². The number of amides is 2. The van der Waals surface area contributed by atoms with E-state index in [0.29, 0.717) is 22.6 Å². The van der Waals surface area contributed by atoms with Crippen LogP contribution in [0.2, 0.25) is 0 Å². The highest BCUT2D eigenvalue weighted by Gasteiger charge is 2.20. The molecular weight excluding hydrogens is 436 g/mol.